The molecule has 2 nitrogen and oxygen atoms in total. The lowest BCUT2D eigenvalue weighted by atomic mass is 10.2. The number of ether oxygens (including phenoxy) is 1. The third-order valence-electron chi connectivity index (χ3n) is 1.07. The van der Waals surface area contributed by atoms with Crippen LogP contribution in [-0.4, -0.2) is 24.3 Å². The largest absolute Gasteiger partial charge is 0.379 e. The first kappa shape index (κ1) is 14.6. The van der Waals surface area contributed by atoms with Gasteiger partial charge in [0.1, 0.15) is 6.29 Å². The zero-order valence-corrected chi connectivity index (χ0v) is 9.98. The van der Waals surface area contributed by atoms with Crippen molar-refractivity contribution in [2.45, 2.75) is 39.2 Å². The zero-order chi connectivity index (χ0) is 10.0. The summed E-state index contributed by atoms with van der Waals surface area (Å²) in [6, 6.07) is 0. The molecule has 0 heterocycles. The summed E-state index contributed by atoms with van der Waals surface area (Å²) in [5, 5.41) is 0.936. The Bertz CT molecular complexity index is 97.2. The molecule has 12 heavy (non-hydrogen) atoms. The molecule has 0 fully saturated rings. The van der Waals surface area contributed by atoms with E-state index in [1.165, 1.54) is 0 Å². The molecule has 0 unspecified atom stereocenters. The van der Waals surface area contributed by atoms with Gasteiger partial charge in [0.2, 0.25) is 0 Å². The summed E-state index contributed by atoms with van der Waals surface area (Å²) >= 11 is 3.19. The highest BCUT2D eigenvalue weighted by atomic mass is 79.9. The lowest BCUT2D eigenvalue weighted by molar-refractivity contribution is -0.107. The van der Waals surface area contributed by atoms with E-state index in [1.807, 2.05) is 20.8 Å². The number of aldehydes is 1. The van der Waals surface area contributed by atoms with Crippen molar-refractivity contribution in [2.75, 3.05) is 12.4 Å². The molecule has 0 saturated carbocycles. The van der Waals surface area contributed by atoms with E-state index in [9.17, 15) is 4.79 Å². The van der Waals surface area contributed by atoms with Gasteiger partial charge in [0.05, 0.1) is 5.60 Å². The fourth-order valence-corrected chi connectivity index (χ4v) is 0.484. The van der Waals surface area contributed by atoms with Crippen LogP contribution in [0, 0.1) is 0 Å². The van der Waals surface area contributed by atoms with Gasteiger partial charge >= 0.3 is 0 Å². The number of hydrogen-bond donors (Lipinski definition) is 0. The summed E-state index contributed by atoms with van der Waals surface area (Å²) < 4.78 is 4.94. The number of rotatable bonds is 3. The van der Waals surface area contributed by atoms with E-state index in [0.29, 0.717) is 6.42 Å². The van der Waals surface area contributed by atoms with E-state index in [-0.39, 0.29) is 5.60 Å². The van der Waals surface area contributed by atoms with Gasteiger partial charge in [-0.15, -0.1) is 0 Å². The number of alkyl halides is 1. The smallest absolute Gasteiger partial charge is 0.120 e. The van der Waals surface area contributed by atoms with Crippen LogP contribution in [0.3, 0.4) is 0 Å². The fourth-order valence-electron chi connectivity index (χ4n) is 0.160. The molecule has 0 amide bonds. The highest BCUT2D eigenvalue weighted by Gasteiger charge is 2.03. The molecule has 74 valence electrons. The van der Waals surface area contributed by atoms with Crippen LogP contribution >= 0.6 is 15.9 Å². The van der Waals surface area contributed by atoms with Crippen molar-refractivity contribution in [1.82, 2.24) is 0 Å². The molecule has 0 N–H and O–H groups in total. The van der Waals surface area contributed by atoms with Crippen molar-refractivity contribution in [3.63, 3.8) is 0 Å². The predicted octanol–water partition coefficient (Wildman–Crippen LogP) is 2.79. The second-order valence-electron chi connectivity index (χ2n) is 3.31. The van der Waals surface area contributed by atoms with Gasteiger partial charge in [-0.25, -0.2) is 0 Å². The van der Waals surface area contributed by atoms with E-state index in [0.717, 1.165) is 18.0 Å². The standard InChI is InChI=1S/C5H12O.C4H7BrO/c1-5(2,3)6-4;5-3-1-2-4-6/h1-4H3;4H,1-3H2. The van der Waals surface area contributed by atoms with Gasteiger partial charge in [0.15, 0.2) is 0 Å². The molecule has 0 bridgehead atoms. The minimum Gasteiger partial charge on any atom is -0.379 e. The number of unbranched alkanes of at least 4 members (excludes halogenated alkanes) is 1. The summed E-state index contributed by atoms with van der Waals surface area (Å²) in [4.78, 5) is 9.54. The van der Waals surface area contributed by atoms with Gasteiger partial charge in [0.25, 0.3) is 0 Å². The molecule has 0 saturated heterocycles. The number of halogens is 1. The Labute approximate surface area is 83.8 Å². The van der Waals surface area contributed by atoms with Crippen molar-refractivity contribution < 1.29 is 9.53 Å². The van der Waals surface area contributed by atoms with E-state index >= 15 is 0 Å². The quantitative estimate of drug-likeness (QED) is 0.430. The number of carbonyl (C=O) groups excluding carboxylic acids is 1. The second kappa shape index (κ2) is 9.20. The molecule has 0 rings (SSSR count). The van der Waals surface area contributed by atoms with Crippen molar-refractivity contribution in [1.29, 1.82) is 0 Å². The molecular formula is C9H19BrO2. The maximum absolute atomic E-state index is 9.54. The van der Waals surface area contributed by atoms with E-state index < -0.39 is 0 Å². The summed E-state index contributed by atoms with van der Waals surface area (Å²) in [7, 11) is 1.71. The van der Waals surface area contributed by atoms with Gasteiger partial charge in [-0.1, -0.05) is 15.9 Å². The maximum atomic E-state index is 9.54. The predicted molar refractivity (Wildman–Crippen MR) is 55.9 cm³/mol. The maximum Gasteiger partial charge on any atom is 0.120 e. The monoisotopic (exact) mass is 238 g/mol. The Morgan fingerprint density at radius 2 is 1.83 bits per heavy atom. The molecular weight excluding hydrogens is 220 g/mol. The van der Waals surface area contributed by atoms with Crippen LogP contribution in [0.1, 0.15) is 33.6 Å². The van der Waals surface area contributed by atoms with Gasteiger partial charge in [-0.05, 0) is 27.2 Å². The van der Waals surface area contributed by atoms with Crippen LogP contribution in [0.5, 0.6) is 0 Å². The van der Waals surface area contributed by atoms with Gasteiger partial charge in [-0.3, -0.25) is 0 Å². The Morgan fingerprint density at radius 1 is 1.42 bits per heavy atom. The highest BCUT2D eigenvalue weighted by molar-refractivity contribution is 9.09. The average Bonchev–Trinajstić information content (AvgIpc) is 2.01. The second-order valence-corrected chi connectivity index (χ2v) is 4.11. The SMILES string of the molecule is COC(C)(C)C.O=CCCCBr. The van der Waals surface area contributed by atoms with E-state index in [4.69, 9.17) is 4.74 Å². The molecule has 0 aliphatic rings. The topological polar surface area (TPSA) is 26.3 Å². The minimum atomic E-state index is 0.0417. The van der Waals surface area contributed by atoms with Crippen LogP contribution in [0.2, 0.25) is 0 Å². The van der Waals surface area contributed by atoms with Crippen molar-refractivity contribution in [3.05, 3.63) is 0 Å². The van der Waals surface area contributed by atoms with E-state index in [1.54, 1.807) is 7.11 Å². The van der Waals surface area contributed by atoms with Crippen LogP contribution in [-0.2, 0) is 9.53 Å². The van der Waals surface area contributed by atoms with Crippen molar-refractivity contribution >= 4 is 22.2 Å². The van der Waals surface area contributed by atoms with E-state index in [2.05, 4.69) is 15.9 Å². The molecule has 0 radical (unpaired) electrons. The zero-order valence-electron chi connectivity index (χ0n) is 8.39. The van der Waals surface area contributed by atoms with Gasteiger partial charge in [0, 0.05) is 18.9 Å². The third-order valence-corrected chi connectivity index (χ3v) is 1.63. The highest BCUT2D eigenvalue weighted by Crippen LogP contribution is 2.02. The summed E-state index contributed by atoms with van der Waals surface area (Å²) in [5.41, 5.74) is 0.0417. The normalized spacial score (nSPS) is 10.1. The first-order valence-corrected chi connectivity index (χ1v) is 5.15. The Hall–Kier alpha value is 0.110. The van der Waals surface area contributed by atoms with Crippen LogP contribution in [0.4, 0.5) is 0 Å². The third kappa shape index (κ3) is 22.5. The lowest BCUT2D eigenvalue weighted by Crippen LogP contribution is -2.15. The van der Waals surface area contributed by atoms with Crippen molar-refractivity contribution in [2.24, 2.45) is 0 Å². The Balaban J connectivity index is 0. The number of carbonyl (C=O) groups is 1. The number of hydrogen-bond acceptors (Lipinski definition) is 2. The summed E-state index contributed by atoms with van der Waals surface area (Å²) in [6.45, 7) is 6.06. The summed E-state index contributed by atoms with van der Waals surface area (Å²) in [6.07, 6.45) is 2.58. The molecule has 0 aliphatic carbocycles. The molecule has 0 aromatic rings. The van der Waals surface area contributed by atoms with Crippen LogP contribution in [0.25, 0.3) is 0 Å². The summed E-state index contributed by atoms with van der Waals surface area (Å²) in [5.74, 6) is 0. The first-order valence-electron chi connectivity index (χ1n) is 4.02. The molecule has 0 aliphatic heterocycles. The van der Waals surface area contributed by atoms with Gasteiger partial charge < -0.3 is 9.53 Å². The number of methoxy groups -OCH3 is 1. The lowest BCUT2D eigenvalue weighted by Gasteiger charge is -2.14. The molecule has 3 heteroatoms. The van der Waals surface area contributed by atoms with Crippen molar-refractivity contribution in [3.8, 4) is 0 Å². The molecule has 0 aromatic carbocycles. The fraction of sp³-hybridized carbons (Fsp3) is 0.889. The Kier molecular flexibility index (Phi) is 11.2. The molecule has 0 aromatic heterocycles. The minimum absolute atomic E-state index is 0.0417. The van der Waals surface area contributed by atoms with Crippen LogP contribution in [0.15, 0.2) is 0 Å². The first-order chi connectivity index (χ1) is 5.47. The van der Waals surface area contributed by atoms with Gasteiger partial charge in [-0.2, -0.15) is 0 Å². The van der Waals surface area contributed by atoms with Crippen LogP contribution < -0.4 is 0 Å². The molecule has 0 spiro atoms. The Morgan fingerprint density at radius 3 is 1.92 bits per heavy atom. The molecule has 0 atom stereocenters. The average molecular weight is 239 g/mol.